The van der Waals surface area contributed by atoms with Crippen LogP contribution in [0.5, 0.6) is 0 Å². The fourth-order valence-electron chi connectivity index (χ4n) is 2.04. The second-order valence-corrected chi connectivity index (χ2v) is 6.74. The van der Waals surface area contributed by atoms with E-state index in [9.17, 15) is 18.5 Å². The summed E-state index contributed by atoms with van der Waals surface area (Å²) in [4.78, 5) is 14.3. The first-order chi connectivity index (χ1) is 10.4. The summed E-state index contributed by atoms with van der Waals surface area (Å²) in [6, 6.07) is 9.34. The predicted octanol–water partition coefficient (Wildman–Crippen LogP) is 1.35. The molecule has 2 heterocycles. The number of hydrogen-bond donors (Lipinski definition) is 0. The monoisotopic (exact) mass is 358 g/mol. The molecule has 0 saturated carbocycles. The number of nitrogens with zero attached hydrogens (tertiary/aromatic N) is 3. The summed E-state index contributed by atoms with van der Waals surface area (Å²) in [6.45, 7) is 0. The van der Waals surface area contributed by atoms with Gasteiger partial charge in [0, 0.05) is 0 Å². The Morgan fingerprint density at radius 1 is 1.18 bits per heavy atom. The average molecular weight is 358 g/mol. The van der Waals surface area contributed by atoms with E-state index in [1.165, 1.54) is 24.4 Å². The molecule has 0 spiro atoms. The van der Waals surface area contributed by atoms with Crippen molar-refractivity contribution in [1.29, 1.82) is 0 Å². The zero-order chi connectivity index (χ0) is 15.9. The van der Waals surface area contributed by atoms with Crippen molar-refractivity contribution in [3.8, 4) is 0 Å². The van der Waals surface area contributed by atoms with Gasteiger partial charge in [-0.3, -0.25) is 0 Å². The van der Waals surface area contributed by atoms with E-state index in [1.54, 1.807) is 18.2 Å². The number of rotatable bonds is 3. The zero-order valence-electron chi connectivity index (χ0n) is 10.9. The Morgan fingerprint density at radius 3 is 2.50 bits per heavy atom. The van der Waals surface area contributed by atoms with Gasteiger partial charge in [0.2, 0.25) is 0 Å². The Labute approximate surface area is 133 Å². The van der Waals surface area contributed by atoms with Crippen molar-refractivity contribution in [3.63, 3.8) is 0 Å². The van der Waals surface area contributed by atoms with Gasteiger partial charge in [-0.15, -0.1) is 0 Å². The van der Waals surface area contributed by atoms with Crippen LogP contribution in [-0.2, 0) is 26.0 Å². The normalized spacial score (nSPS) is 11.7. The van der Waals surface area contributed by atoms with Crippen molar-refractivity contribution in [1.82, 2.24) is 8.96 Å². The van der Waals surface area contributed by atoms with Crippen LogP contribution in [0.3, 0.4) is 0 Å². The standard InChI is InChI=1S/C13H8N3O4S.Fe/c17-16(18)11-8-10-6-7-15(13(10)14-9-11)21(19,20)12-4-2-1-3-5-12;/h1-7,9H;. The Morgan fingerprint density at radius 2 is 1.86 bits per heavy atom. The second-order valence-electron chi connectivity index (χ2n) is 4.37. The Balaban J connectivity index is 2.26. The van der Waals surface area contributed by atoms with Gasteiger partial charge < -0.3 is 0 Å². The maximum atomic E-state index is 12.6. The third-order valence-corrected chi connectivity index (χ3v) is 5.34. The molecule has 3 aromatic rings. The summed E-state index contributed by atoms with van der Waals surface area (Å²) >= 11 is 3.65. The summed E-state index contributed by atoms with van der Waals surface area (Å²) in [7, 11) is -3.82. The van der Waals surface area contributed by atoms with Gasteiger partial charge in [-0.05, 0) is 0 Å². The molecule has 0 radical (unpaired) electrons. The van der Waals surface area contributed by atoms with Gasteiger partial charge >= 0.3 is 133 Å². The SMILES string of the molecule is O=[N+]([O-])c1cnc2c(ccn2S(=O)(=O)c2ccccc2)[c]1[Fe]. The predicted molar refractivity (Wildman–Crippen MR) is 75.0 cm³/mol. The molecular weight excluding hydrogens is 350 g/mol. The van der Waals surface area contributed by atoms with Crippen molar-refractivity contribution in [2.45, 2.75) is 4.90 Å². The number of fused-ring (bicyclic) bond motifs is 1. The Hall–Kier alpha value is -2.22. The van der Waals surface area contributed by atoms with E-state index in [0.717, 1.165) is 10.2 Å². The van der Waals surface area contributed by atoms with Crippen LogP contribution >= 0.6 is 0 Å². The summed E-state index contributed by atoms with van der Waals surface area (Å²) in [5, 5.41) is 11.2. The molecule has 0 atom stereocenters. The molecule has 0 fully saturated rings. The zero-order valence-corrected chi connectivity index (χ0v) is 12.8. The van der Waals surface area contributed by atoms with E-state index >= 15 is 0 Å². The molecule has 0 unspecified atom stereocenters. The minimum absolute atomic E-state index is 0.110. The molecule has 2 aromatic heterocycles. The molecule has 113 valence electrons. The van der Waals surface area contributed by atoms with Gasteiger partial charge in [-0.25, -0.2) is 0 Å². The first-order valence-corrected chi connectivity index (χ1v) is 8.01. The number of benzene rings is 1. The van der Waals surface area contributed by atoms with Gasteiger partial charge in [-0.1, -0.05) is 0 Å². The molecule has 7 nitrogen and oxygen atoms in total. The molecular formula is C13H8FeN3O4S. The molecule has 0 saturated heterocycles. The van der Waals surface area contributed by atoms with Gasteiger partial charge in [0.05, 0.1) is 0 Å². The average Bonchev–Trinajstić information content (AvgIpc) is 2.93. The number of hydrogen-bond acceptors (Lipinski definition) is 5. The summed E-state index contributed by atoms with van der Waals surface area (Å²) in [5.41, 5.74) is -0.137. The quantitative estimate of drug-likeness (QED) is 0.400. The van der Waals surface area contributed by atoms with Crippen molar-refractivity contribution in [2.24, 2.45) is 0 Å². The molecule has 0 bridgehead atoms. The number of nitro groups is 1. The fraction of sp³-hybridized carbons (Fsp3) is 0. The van der Waals surface area contributed by atoms with Crippen molar-refractivity contribution < 1.29 is 29.4 Å². The van der Waals surface area contributed by atoms with E-state index < -0.39 is 14.9 Å². The van der Waals surface area contributed by atoms with Crippen molar-refractivity contribution >= 4 is 31.2 Å². The molecule has 0 amide bonds. The van der Waals surface area contributed by atoms with E-state index in [0.29, 0.717) is 5.39 Å². The molecule has 1 aromatic carbocycles. The van der Waals surface area contributed by atoms with Gasteiger partial charge in [-0.2, -0.15) is 0 Å². The minimum atomic E-state index is -3.82. The van der Waals surface area contributed by atoms with E-state index in [1.807, 2.05) is 0 Å². The van der Waals surface area contributed by atoms with Crippen LogP contribution in [0.25, 0.3) is 11.0 Å². The van der Waals surface area contributed by atoms with Gasteiger partial charge in [0.15, 0.2) is 0 Å². The molecule has 0 aliphatic carbocycles. The number of aromatic nitrogens is 2. The third-order valence-electron chi connectivity index (χ3n) is 3.08. The molecule has 9 heteroatoms. The molecule has 0 aliphatic rings. The van der Waals surface area contributed by atoms with Gasteiger partial charge in [0.1, 0.15) is 0 Å². The van der Waals surface area contributed by atoms with Crippen molar-refractivity contribution in [3.05, 3.63) is 58.9 Å². The first-order valence-electron chi connectivity index (χ1n) is 6.02. The molecule has 0 N–H and O–H groups in total. The first kappa shape index (κ1) is 14.7. The summed E-state index contributed by atoms with van der Waals surface area (Å²) < 4.78 is 26.3. The van der Waals surface area contributed by atoms with Crippen LogP contribution in [0.1, 0.15) is 0 Å². The fourth-order valence-corrected chi connectivity index (χ4v) is 3.75. The van der Waals surface area contributed by atoms with Crippen LogP contribution in [0.2, 0.25) is 0 Å². The topological polar surface area (TPSA) is 95.1 Å². The summed E-state index contributed by atoms with van der Waals surface area (Å²) in [6.07, 6.45) is 2.33. The second kappa shape index (κ2) is 5.20. The van der Waals surface area contributed by atoms with Crippen LogP contribution < -0.4 is 4.46 Å². The molecule has 0 aliphatic heterocycles. The van der Waals surface area contributed by atoms with Crippen LogP contribution in [0, 0.1) is 10.1 Å². The van der Waals surface area contributed by atoms with E-state index in [4.69, 9.17) is 0 Å². The summed E-state index contributed by atoms with van der Waals surface area (Å²) in [5.74, 6) is 0. The van der Waals surface area contributed by atoms with E-state index in [2.05, 4.69) is 21.0 Å². The molecule has 3 rings (SSSR count). The Kier molecular flexibility index (Phi) is 3.48. The van der Waals surface area contributed by atoms with Crippen LogP contribution in [-0.4, -0.2) is 22.3 Å². The number of pyridine rings is 1. The molecule has 22 heavy (non-hydrogen) atoms. The van der Waals surface area contributed by atoms with Crippen LogP contribution in [0.15, 0.2) is 53.7 Å². The van der Waals surface area contributed by atoms with Crippen molar-refractivity contribution in [2.75, 3.05) is 0 Å². The Bertz CT molecular complexity index is 983. The van der Waals surface area contributed by atoms with E-state index in [-0.39, 0.29) is 20.7 Å². The van der Waals surface area contributed by atoms with Gasteiger partial charge in [0.25, 0.3) is 0 Å². The maximum absolute atomic E-state index is 12.6. The third kappa shape index (κ3) is 2.19. The van der Waals surface area contributed by atoms with Crippen LogP contribution in [0.4, 0.5) is 5.69 Å².